The van der Waals surface area contributed by atoms with E-state index in [-0.39, 0.29) is 0 Å². The quantitative estimate of drug-likeness (QED) is 0.514. The largest absolute Gasteiger partial charge is 0.436 e. The number of isocyanates is 1. The molecule has 2 aromatic carbocycles. The van der Waals surface area contributed by atoms with Crippen LogP contribution < -0.4 is 0 Å². The van der Waals surface area contributed by atoms with Gasteiger partial charge >= 0.3 is 0 Å². The fourth-order valence-corrected chi connectivity index (χ4v) is 1.96. The van der Waals surface area contributed by atoms with Crippen LogP contribution >= 0.6 is 0 Å². The maximum Gasteiger partial charge on any atom is 0.240 e. The number of aryl methyl sites for hydroxylation is 1. The van der Waals surface area contributed by atoms with Crippen molar-refractivity contribution in [3.05, 3.63) is 48.0 Å². The Hall–Kier alpha value is -2.71. The minimum atomic E-state index is 0.561. The van der Waals surface area contributed by atoms with Crippen molar-refractivity contribution >= 4 is 22.9 Å². The van der Waals surface area contributed by atoms with Crippen molar-refractivity contribution in [1.29, 1.82) is 0 Å². The Kier molecular flexibility index (Phi) is 2.71. The SMILES string of the molecule is Cc1cc(-c2nc3ccccc3o2)ccc1N=C=O. The molecule has 4 heteroatoms. The van der Waals surface area contributed by atoms with E-state index < -0.39 is 0 Å². The molecule has 4 nitrogen and oxygen atoms in total. The van der Waals surface area contributed by atoms with Gasteiger partial charge in [0, 0.05) is 5.56 Å². The molecule has 19 heavy (non-hydrogen) atoms. The van der Waals surface area contributed by atoms with Gasteiger partial charge in [-0.05, 0) is 42.8 Å². The monoisotopic (exact) mass is 250 g/mol. The first-order valence-corrected chi connectivity index (χ1v) is 5.82. The molecule has 0 aliphatic heterocycles. The lowest BCUT2D eigenvalue weighted by Gasteiger charge is -2.00. The zero-order valence-electron chi connectivity index (χ0n) is 10.3. The molecule has 0 bridgehead atoms. The van der Waals surface area contributed by atoms with Gasteiger partial charge in [0.05, 0.1) is 5.69 Å². The van der Waals surface area contributed by atoms with Crippen molar-refractivity contribution in [1.82, 2.24) is 4.98 Å². The molecule has 92 valence electrons. The zero-order chi connectivity index (χ0) is 13.2. The molecule has 1 heterocycles. The number of aliphatic imine (C=N–C) groups is 1. The molecule has 1 aromatic heterocycles. The van der Waals surface area contributed by atoms with Crippen LogP contribution in [0.15, 0.2) is 51.9 Å². The minimum Gasteiger partial charge on any atom is -0.436 e. The maximum atomic E-state index is 10.3. The summed E-state index contributed by atoms with van der Waals surface area (Å²) >= 11 is 0. The molecule has 0 saturated heterocycles. The number of oxazole rings is 1. The number of benzene rings is 2. The predicted molar refractivity (Wildman–Crippen MR) is 72.0 cm³/mol. The molecule has 0 saturated carbocycles. The summed E-state index contributed by atoms with van der Waals surface area (Å²) in [5.41, 5.74) is 3.92. The van der Waals surface area contributed by atoms with Crippen LogP contribution in [0.1, 0.15) is 5.56 Å². The third kappa shape index (κ3) is 2.05. The van der Waals surface area contributed by atoms with Crippen LogP contribution in [0.4, 0.5) is 5.69 Å². The summed E-state index contributed by atoms with van der Waals surface area (Å²) in [6.07, 6.45) is 1.54. The van der Waals surface area contributed by atoms with Crippen molar-refractivity contribution in [2.45, 2.75) is 6.92 Å². The number of nitrogens with zero attached hydrogens (tertiary/aromatic N) is 2. The van der Waals surface area contributed by atoms with E-state index in [1.807, 2.05) is 43.3 Å². The van der Waals surface area contributed by atoms with Crippen LogP contribution in [0.25, 0.3) is 22.6 Å². The van der Waals surface area contributed by atoms with Crippen molar-refractivity contribution in [3.8, 4) is 11.5 Å². The Morgan fingerprint density at radius 2 is 2.05 bits per heavy atom. The van der Waals surface area contributed by atoms with Gasteiger partial charge in [0.25, 0.3) is 0 Å². The van der Waals surface area contributed by atoms with Crippen LogP contribution in [-0.2, 0) is 4.79 Å². The molecule has 0 unspecified atom stereocenters. The normalized spacial score (nSPS) is 10.4. The van der Waals surface area contributed by atoms with Crippen molar-refractivity contribution < 1.29 is 9.21 Å². The number of hydrogen-bond donors (Lipinski definition) is 0. The van der Waals surface area contributed by atoms with Crippen LogP contribution in [0.5, 0.6) is 0 Å². The Balaban J connectivity index is 2.11. The number of para-hydroxylation sites is 2. The number of carbonyl (C=O) groups excluding carboxylic acids is 1. The van der Waals surface area contributed by atoms with Gasteiger partial charge in [0.15, 0.2) is 5.58 Å². The summed E-state index contributed by atoms with van der Waals surface area (Å²) in [4.78, 5) is 18.3. The summed E-state index contributed by atoms with van der Waals surface area (Å²) in [5.74, 6) is 0.561. The van der Waals surface area contributed by atoms with E-state index in [9.17, 15) is 4.79 Å². The average molecular weight is 250 g/mol. The second kappa shape index (κ2) is 4.52. The molecule has 0 aliphatic rings. The highest BCUT2D eigenvalue weighted by Gasteiger charge is 2.08. The van der Waals surface area contributed by atoms with Gasteiger partial charge in [-0.1, -0.05) is 12.1 Å². The van der Waals surface area contributed by atoms with Gasteiger partial charge in [0.1, 0.15) is 5.52 Å². The van der Waals surface area contributed by atoms with Crippen LogP contribution in [-0.4, -0.2) is 11.1 Å². The molecule has 3 aromatic rings. The number of rotatable bonds is 2. The van der Waals surface area contributed by atoms with Gasteiger partial charge in [-0.15, -0.1) is 0 Å². The standard InChI is InChI=1S/C15H10N2O2/c1-10-8-11(6-7-12(10)16-9-18)15-17-13-4-2-3-5-14(13)19-15/h2-8H,1H3. The van der Waals surface area contributed by atoms with E-state index in [0.29, 0.717) is 11.6 Å². The number of hydrogen-bond acceptors (Lipinski definition) is 4. The van der Waals surface area contributed by atoms with Crippen LogP contribution in [0.2, 0.25) is 0 Å². The fourth-order valence-electron chi connectivity index (χ4n) is 1.96. The highest BCUT2D eigenvalue weighted by molar-refractivity contribution is 5.76. The molecule has 0 N–H and O–H groups in total. The Labute approximate surface area is 109 Å². The molecule has 0 radical (unpaired) electrons. The molecule has 3 rings (SSSR count). The highest BCUT2D eigenvalue weighted by atomic mass is 16.3. The first-order valence-electron chi connectivity index (χ1n) is 5.82. The minimum absolute atomic E-state index is 0.561. The van der Waals surface area contributed by atoms with Gasteiger partial charge in [-0.25, -0.2) is 9.78 Å². The molecule has 0 fully saturated rings. The summed E-state index contributed by atoms with van der Waals surface area (Å²) in [6.45, 7) is 1.88. The average Bonchev–Trinajstić information content (AvgIpc) is 2.85. The van der Waals surface area contributed by atoms with Gasteiger partial charge in [0.2, 0.25) is 12.0 Å². The van der Waals surface area contributed by atoms with E-state index in [1.54, 1.807) is 12.1 Å². The van der Waals surface area contributed by atoms with E-state index in [4.69, 9.17) is 4.42 Å². The lowest BCUT2D eigenvalue weighted by Crippen LogP contribution is -1.80. The summed E-state index contributed by atoms with van der Waals surface area (Å²) in [5, 5.41) is 0. The predicted octanol–water partition coefficient (Wildman–Crippen LogP) is 3.77. The van der Waals surface area contributed by atoms with Gasteiger partial charge in [-0.3, -0.25) is 0 Å². The Morgan fingerprint density at radius 1 is 1.21 bits per heavy atom. The Morgan fingerprint density at radius 3 is 2.79 bits per heavy atom. The first-order chi connectivity index (χ1) is 9.28. The zero-order valence-corrected chi connectivity index (χ0v) is 10.3. The third-order valence-corrected chi connectivity index (χ3v) is 2.90. The van der Waals surface area contributed by atoms with Gasteiger partial charge < -0.3 is 4.42 Å². The maximum absolute atomic E-state index is 10.3. The smallest absolute Gasteiger partial charge is 0.240 e. The van der Waals surface area contributed by atoms with Crippen LogP contribution in [0, 0.1) is 6.92 Å². The van der Waals surface area contributed by atoms with E-state index in [0.717, 1.165) is 22.2 Å². The van der Waals surface area contributed by atoms with Crippen molar-refractivity contribution in [2.75, 3.05) is 0 Å². The lowest BCUT2D eigenvalue weighted by atomic mass is 10.1. The lowest BCUT2D eigenvalue weighted by molar-refractivity contribution is 0.565. The molecule has 0 aliphatic carbocycles. The Bertz CT molecular complexity index is 766. The fraction of sp³-hybridized carbons (Fsp3) is 0.0667. The number of fused-ring (bicyclic) bond motifs is 1. The van der Waals surface area contributed by atoms with Crippen LogP contribution in [0.3, 0.4) is 0 Å². The molecule has 0 amide bonds. The molecule has 0 atom stereocenters. The summed E-state index contributed by atoms with van der Waals surface area (Å²) < 4.78 is 5.69. The molecular weight excluding hydrogens is 240 g/mol. The van der Waals surface area contributed by atoms with E-state index in [1.165, 1.54) is 0 Å². The van der Waals surface area contributed by atoms with Gasteiger partial charge in [-0.2, -0.15) is 4.99 Å². The second-order valence-corrected chi connectivity index (χ2v) is 4.19. The summed E-state index contributed by atoms with van der Waals surface area (Å²) in [7, 11) is 0. The molecular formula is C15H10N2O2. The summed E-state index contributed by atoms with van der Waals surface area (Å²) in [6, 6.07) is 13.1. The topological polar surface area (TPSA) is 55.5 Å². The first kappa shape index (κ1) is 11.4. The van der Waals surface area contributed by atoms with E-state index in [2.05, 4.69) is 9.98 Å². The molecule has 0 spiro atoms. The third-order valence-electron chi connectivity index (χ3n) is 2.90. The van der Waals surface area contributed by atoms with Crippen molar-refractivity contribution in [3.63, 3.8) is 0 Å². The number of aromatic nitrogens is 1. The highest BCUT2D eigenvalue weighted by Crippen LogP contribution is 2.28. The second-order valence-electron chi connectivity index (χ2n) is 4.19. The van der Waals surface area contributed by atoms with Crippen molar-refractivity contribution in [2.24, 2.45) is 4.99 Å². The van der Waals surface area contributed by atoms with E-state index >= 15 is 0 Å².